The fourth-order valence-corrected chi connectivity index (χ4v) is 7.09. The Balaban J connectivity index is 1.76. The topological polar surface area (TPSA) is 71.4 Å². The van der Waals surface area contributed by atoms with Gasteiger partial charge in [-0.15, -0.1) is 0 Å². The Labute approximate surface area is 158 Å². The molecule has 0 unspecified atom stereocenters. The minimum atomic E-state index is -0.596. The molecule has 0 heterocycles. The maximum atomic E-state index is 13.8. The van der Waals surface area contributed by atoms with Gasteiger partial charge in [-0.25, -0.2) is 0 Å². The average Bonchev–Trinajstić information content (AvgIpc) is 2.93. The number of Topliss-reactive ketones (excluding diaryl/α,β-unsaturated/α-hetero) is 2. The van der Waals surface area contributed by atoms with Crippen LogP contribution in [0.5, 0.6) is 0 Å². The molecule has 5 heteroatoms. The summed E-state index contributed by atoms with van der Waals surface area (Å²) in [5, 5.41) is 9.43. The number of halogens is 1. The average molecular weight is 374 g/mol. The molecule has 0 aromatic carbocycles. The van der Waals surface area contributed by atoms with Crippen LogP contribution >= 0.6 is 0 Å². The molecule has 3 saturated carbocycles. The van der Waals surface area contributed by atoms with Crippen molar-refractivity contribution >= 4 is 17.3 Å². The number of aliphatic hydroxyl groups is 1. The summed E-state index contributed by atoms with van der Waals surface area (Å²) < 4.78 is 13.8. The van der Waals surface area contributed by atoms with Gasteiger partial charge in [-0.05, 0) is 54.6 Å². The van der Waals surface area contributed by atoms with Crippen molar-refractivity contribution < 1.29 is 23.9 Å². The SMILES string of the molecule is C[C@]12CC(=O)[C@H]3[C@@H](CCC4=CC(=O)C=C[C@@]43C)[C@@H]1C[C@@H](CF)[C@@H]2C(=O)CO. The Morgan fingerprint density at radius 2 is 2.07 bits per heavy atom. The van der Waals surface area contributed by atoms with Gasteiger partial charge in [0.15, 0.2) is 11.6 Å². The number of alkyl halides is 1. The zero-order valence-corrected chi connectivity index (χ0v) is 15.9. The quantitative estimate of drug-likeness (QED) is 0.825. The van der Waals surface area contributed by atoms with Gasteiger partial charge in [0.05, 0.1) is 6.67 Å². The van der Waals surface area contributed by atoms with E-state index in [1.807, 2.05) is 19.9 Å². The van der Waals surface area contributed by atoms with E-state index >= 15 is 0 Å². The van der Waals surface area contributed by atoms with E-state index in [9.17, 15) is 23.9 Å². The van der Waals surface area contributed by atoms with Crippen molar-refractivity contribution in [2.24, 2.45) is 40.4 Å². The Morgan fingerprint density at radius 3 is 2.74 bits per heavy atom. The van der Waals surface area contributed by atoms with Crippen LogP contribution in [0.3, 0.4) is 0 Å². The molecular formula is C22H27FO4. The largest absolute Gasteiger partial charge is 0.389 e. The molecule has 7 atom stereocenters. The van der Waals surface area contributed by atoms with Crippen LogP contribution in [-0.4, -0.2) is 35.7 Å². The highest BCUT2D eigenvalue weighted by molar-refractivity contribution is 6.01. The molecule has 0 amide bonds. The highest BCUT2D eigenvalue weighted by atomic mass is 19.1. The van der Waals surface area contributed by atoms with Crippen molar-refractivity contribution in [2.45, 2.75) is 39.5 Å². The lowest BCUT2D eigenvalue weighted by Crippen LogP contribution is -2.55. The molecular weight excluding hydrogens is 347 g/mol. The number of carbonyl (C=O) groups excluding carboxylic acids is 3. The Morgan fingerprint density at radius 1 is 1.33 bits per heavy atom. The first kappa shape index (κ1) is 18.7. The monoisotopic (exact) mass is 374 g/mol. The number of fused-ring (bicyclic) bond motifs is 5. The summed E-state index contributed by atoms with van der Waals surface area (Å²) >= 11 is 0. The van der Waals surface area contributed by atoms with Crippen LogP contribution in [0.2, 0.25) is 0 Å². The molecule has 4 aliphatic carbocycles. The second-order valence-electron chi connectivity index (χ2n) is 9.38. The molecule has 4 rings (SSSR count). The molecule has 0 aromatic heterocycles. The first-order valence-electron chi connectivity index (χ1n) is 9.92. The Kier molecular flexibility index (Phi) is 4.30. The first-order valence-corrected chi connectivity index (χ1v) is 9.92. The molecule has 4 nitrogen and oxygen atoms in total. The fraction of sp³-hybridized carbons (Fsp3) is 0.682. The van der Waals surface area contributed by atoms with E-state index in [0.29, 0.717) is 6.42 Å². The molecule has 3 fully saturated rings. The Bertz CT molecular complexity index is 768. The Hall–Kier alpha value is -1.62. The van der Waals surface area contributed by atoms with Crippen molar-refractivity contribution in [1.29, 1.82) is 0 Å². The lowest BCUT2D eigenvalue weighted by Gasteiger charge is -2.55. The third kappa shape index (κ3) is 2.47. The number of ketones is 3. The minimum Gasteiger partial charge on any atom is -0.389 e. The summed E-state index contributed by atoms with van der Waals surface area (Å²) in [6.45, 7) is 2.80. The van der Waals surface area contributed by atoms with Crippen molar-refractivity contribution in [2.75, 3.05) is 13.3 Å². The maximum Gasteiger partial charge on any atom is 0.178 e. The van der Waals surface area contributed by atoms with Crippen LogP contribution in [0.1, 0.15) is 39.5 Å². The van der Waals surface area contributed by atoms with Gasteiger partial charge in [-0.2, -0.15) is 0 Å². The molecule has 0 spiro atoms. The minimum absolute atomic E-state index is 0.0269. The summed E-state index contributed by atoms with van der Waals surface area (Å²) in [5.74, 6) is -1.30. The van der Waals surface area contributed by atoms with Gasteiger partial charge >= 0.3 is 0 Å². The fourth-order valence-electron chi connectivity index (χ4n) is 7.09. The van der Waals surface area contributed by atoms with E-state index in [4.69, 9.17) is 0 Å². The molecule has 4 aliphatic rings. The van der Waals surface area contributed by atoms with E-state index in [0.717, 1.165) is 18.4 Å². The summed E-state index contributed by atoms with van der Waals surface area (Å²) in [5.41, 5.74) is -0.0173. The van der Waals surface area contributed by atoms with E-state index in [-0.39, 0.29) is 41.5 Å². The molecule has 0 saturated heterocycles. The third-order valence-electron chi connectivity index (χ3n) is 8.13. The first-order chi connectivity index (χ1) is 12.8. The molecule has 27 heavy (non-hydrogen) atoms. The number of aliphatic hydroxyl groups excluding tert-OH is 1. The van der Waals surface area contributed by atoms with Crippen molar-refractivity contribution in [3.05, 3.63) is 23.8 Å². The number of rotatable bonds is 3. The molecule has 0 aromatic rings. The van der Waals surface area contributed by atoms with E-state index in [1.165, 1.54) is 0 Å². The second-order valence-corrected chi connectivity index (χ2v) is 9.38. The molecule has 0 bridgehead atoms. The highest BCUT2D eigenvalue weighted by Gasteiger charge is 2.64. The summed E-state index contributed by atoms with van der Waals surface area (Å²) in [6.07, 6.45) is 7.51. The lowest BCUT2D eigenvalue weighted by atomic mass is 9.47. The lowest BCUT2D eigenvalue weighted by molar-refractivity contribution is -0.146. The standard InChI is InChI=1S/C22H27FO4/c1-21-6-5-14(25)8-13(21)3-4-15-16-7-12(10-23)19(18(27)11-24)22(16,2)9-17(26)20(15)21/h5-6,8,12,15-16,19-20,24H,3-4,7,9-11H2,1-2H3/t12-,15-,16-,19+,20+,21-,22-/m0/s1. The normalized spacial score (nSPS) is 45.8. The second kappa shape index (κ2) is 6.20. The van der Waals surface area contributed by atoms with Crippen molar-refractivity contribution in [3.8, 4) is 0 Å². The maximum absolute atomic E-state index is 13.8. The van der Waals surface area contributed by atoms with E-state index < -0.39 is 35.9 Å². The summed E-state index contributed by atoms with van der Waals surface area (Å²) in [6, 6.07) is 0. The molecule has 0 aliphatic heterocycles. The summed E-state index contributed by atoms with van der Waals surface area (Å²) in [7, 11) is 0. The van der Waals surface area contributed by atoms with Crippen molar-refractivity contribution in [1.82, 2.24) is 0 Å². The number of allylic oxidation sites excluding steroid dienone is 4. The molecule has 146 valence electrons. The van der Waals surface area contributed by atoms with Crippen LogP contribution < -0.4 is 0 Å². The molecule has 1 N–H and O–H groups in total. The van der Waals surface area contributed by atoms with Gasteiger partial charge in [-0.1, -0.05) is 25.5 Å². The predicted molar refractivity (Wildman–Crippen MR) is 97.4 cm³/mol. The number of hydrogen-bond acceptors (Lipinski definition) is 4. The van der Waals surface area contributed by atoms with E-state index in [1.54, 1.807) is 12.2 Å². The van der Waals surface area contributed by atoms with Crippen LogP contribution in [0.4, 0.5) is 4.39 Å². The zero-order chi connectivity index (χ0) is 19.6. The van der Waals surface area contributed by atoms with Crippen LogP contribution in [0.25, 0.3) is 0 Å². The summed E-state index contributed by atoms with van der Waals surface area (Å²) in [4.78, 5) is 37.6. The predicted octanol–water partition coefficient (Wildman–Crippen LogP) is 2.85. The van der Waals surface area contributed by atoms with Gasteiger partial charge in [0.1, 0.15) is 12.4 Å². The van der Waals surface area contributed by atoms with Crippen LogP contribution in [-0.2, 0) is 14.4 Å². The van der Waals surface area contributed by atoms with Gasteiger partial charge in [0.2, 0.25) is 0 Å². The third-order valence-corrected chi connectivity index (χ3v) is 8.13. The van der Waals surface area contributed by atoms with E-state index in [2.05, 4.69) is 0 Å². The molecule has 0 radical (unpaired) electrons. The van der Waals surface area contributed by atoms with Gasteiger partial charge in [-0.3, -0.25) is 18.8 Å². The van der Waals surface area contributed by atoms with Gasteiger partial charge in [0, 0.05) is 23.7 Å². The smallest absolute Gasteiger partial charge is 0.178 e. The van der Waals surface area contributed by atoms with Crippen LogP contribution in [0.15, 0.2) is 23.8 Å². The zero-order valence-electron chi connectivity index (χ0n) is 15.9. The highest BCUT2D eigenvalue weighted by Crippen LogP contribution is 2.66. The van der Waals surface area contributed by atoms with Crippen LogP contribution in [0, 0.1) is 40.4 Å². The van der Waals surface area contributed by atoms with Gasteiger partial charge < -0.3 is 5.11 Å². The van der Waals surface area contributed by atoms with Gasteiger partial charge in [0.25, 0.3) is 0 Å². The number of hydrogen-bond donors (Lipinski definition) is 1. The van der Waals surface area contributed by atoms with Crippen molar-refractivity contribution in [3.63, 3.8) is 0 Å². The number of carbonyl (C=O) groups is 3.